The molecule has 114 valence electrons. The lowest BCUT2D eigenvalue weighted by atomic mass is 9.94. The Bertz CT molecular complexity index is 579. The zero-order valence-electron chi connectivity index (χ0n) is 13.0. The normalized spacial score (nSPS) is 14.4. The molecule has 0 aliphatic carbocycles. The highest BCUT2D eigenvalue weighted by molar-refractivity contribution is 5.29. The van der Waals surface area contributed by atoms with Crippen molar-refractivity contribution in [3.8, 4) is 0 Å². The molecule has 1 aromatic carbocycles. The molecule has 0 aliphatic rings. The van der Waals surface area contributed by atoms with E-state index in [2.05, 4.69) is 9.88 Å². The third-order valence-electron chi connectivity index (χ3n) is 3.57. The summed E-state index contributed by atoms with van der Waals surface area (Å²) in [6.45, 7) is 3.34. The van der Waals surface area contributed by atoms with Crippen LogP contribution >= 0.6 is 0 Å². The van der Waals surface area contributed by atoms with E-state index in [0.29, 0.717) is 6.61 Å². The molecule has 0 saturated heterocycles. The quantitative estimate of drug-likeness (QED) is 0.819. The summed E-state index contributed by atoms with van der Waals surface area (Å²) in [6.07, 6.45) is 3.62. The van der Waals surface area contributed by atoms with E-state index in [4.69, 9.17) is 4.74 Å². The SMILES string of the molecule is CN(C)CCOC(C)(c1ccc(F)cc1)c1nccn1C. The number of ether oxygens (including phenoxy) is 1. The van der Waals surface area contributed by atoms with Crippen molar-refractivity contribution >= 4 is 0 Å². The highest BCUT2D eigenvalue weighted by Crippen LogP contribution is 2.32. The van der Waals surface area contributed by atoms with Gasteiger partial charge in [-0.15, -0.1) is 0 Å². The first-order valence-corrected chi connectivity index (χ1v) is 6.96. The smallest absolute Gasteiger partial charge is 0.148 e. The average molecular weight is 291 g/mol. The number of nitrogens with zero attached hydrogens (tertiary/aromatic N) is 3. The Hall–Kier alpha value is -1.72. The second-order valence-corrected chi connectivity index (χ2v) is 5.55. The number of imidazole rings is 1. The first-order valence-electron chi connectivity index (χ1n) is 6.96. The third kappa shape index (κ3) is 3.49. The summed E-state index contributed by atoms with van der Waals surface area (Å²) < 4.78 is 21.3. The first kappa shape index (κ1) is 15.7. The van der Waals surface area contributed by atoms with E-state index in [-0.39, 0.29) is 5.82 Å². The van der Waals surface area contributed by atoms with Crippen LogP contribution < -0.4 is 0 Å². The van der Waals surface area contributed by atoms with Gasteiger partial charge in [-0.1, -0.05) is 12.1 Å². The molecule has 0 aliphatic heterocycles. The van der Waals surface area contributed by atoms with Gasteiger partial charge in [0.2, 0.25) is 0 Å². The summed E-state index contributed by atoms with van der Waals surface area (Å²) in [5.74, 6) is 0.544. The van der Waals surface area contributed by atoms with E-state index < -0.39 is 5.60 Å². The van der Waals surface area contributed by atoms with Gasteiger partial charge in [0.1, 0.15) is 17.2 Å². The molecular formula is C16H22FN3O. The Kier molecular flexibility index (Phi) is 4.75. The van der Waals surface area contributed by atoms with Crippen LogP contribution in [0.1, 0.15) is 18.3 Å². The van der Waals surface area contributed by atoms with Crippen LogP contribution in [0.4, 0.5) is 4.39 Å². The molecule has 0 saturated carbocycles. The minimum Gasteiger partial charge on any atom is -0.361 e. The minimum absolute atomic E-state index is 0.255. The molecule has 1 aromatic heterocycles. The van der Waals surface area contributed by atoms with Crippen molar-refractivity contribution in [2.75, 3.05) is 27.2 Å². The number of hydrogen-bond acceptors (Lipinski definition) is 3. The topological polar surface area (TPSA) is 30.3 Å². The monoisotopic (exact) mass is 291 g/mol. The van der Waals surface area contributed by atoms with Crippen molar-refractivity contribution in [3.63, 3.8) is 0 Å². The van der Waals surface area contributed by atoms with Gasteiger partial charge in [0.05, 0.1) is 6.61 Å². The number of likely N-dealkylation sites (N-methyl/N-ethyl adjacent to an activating group) is 1. The molecule has 2 aromatic rings. The first-order chi connectivity index (χ1) is 9.93. The fourth-order valence-electron chi connectivity index (χ4n) is 2.30. The van der Waals surface area contributed by atoms with Crippen LogP contribution in [0.2, 0.25) is 0 Å². The average Bonchev–Trinajstić information content (AvgIpc) is 2.85. The maximum atomic E-state index is 13.2. The van der Waals surface area contributed by atoms with Crippen LogP contribution in [0, 0.1) is 5.82 Å². The van der Waals surface area contributed by atoms with Gasteiger partial charge < -0.3 is 14.2 Å². The second-order valence-electron chi connectivity index (χ2n) is 5.55. The van der Waals surface area contributed by atoms with Crippen LogP contribution in [-0.4, -0.2) is 41.7 Å². The van der Waals surface area contributed by atoms with Crippen molar-refractivity contribution in [2.45, 2.75) is 12.5 Å². The molecule has 2 rings (SSSR count). The Morgan fingerprint density at radius 2 is 1.95 bits per heavy atom. The van der Waals surface area contributed by atoms with Gasteiger partial charge in [-0.3, -0.25) is 0 Å². The zero-order chi connectivity index (χ0) is 15.5. The Labute approximate surface area is 125 Å². The Balaban J connectivity index is 2.34. The number of rotatable bonds is 6. The van der Waals surface area contributed by atoms with Crippen molar-refractivity contribution < 1.29 is 9.13 Å². The number of aromatic nitrogens is 2. The fourth-order valence-corrected chi connectivity index (χ4v) is 2.30. The van der Waals surface area contributed by atoms with Gasteiger partial charge in [0.25, 0.3) is 0 Å². The maximum absolute atomic E-state index is 13.2. The lowest BCUT2D eigenvalue weighted by molar-refractivity contribution is -0.0180. The summed E-state index contributed by atoms with van der Waals surface area (Å²) in [6, 6.07) is 6.40. The summed E-state index contributed by atoms with van der Waals surface area (Å²) in [7, 11) is 5.93. The van der Waals surface area contributed by atoms with Crippen LogP contribution in [0.3, 0.4) is 0 Å². The number of aryl methyl sites for hydroxylation is 1. The Morgan fingerprint density at radius 3 is 2.48 bits per heavy atom. The molecule has 1 heterocycles. The molecule has 0 fully saturated rings. The van der Waals surface area contributed by atoms with E-state index >= 15 is 0 Å². The predicted molar refractivity (Wildman–Crippen MR) is 80.6 cm³/mol. The number of halogens is 1. The molecular weight excluding hydrogens is 269 g/mol. The second kappa shape index (κ2) is 6.37. The molecule has 0 radical (unpaired) electrons. The van der Waals surface area contributed by atoms with Crippen molar-refractivity contribution in [1.82, 2.24) is 14.5 Å². The van der Waals surface area contributed by atoms with Gasteiger partial charge in [0.15, 0.2) is 0 Å². The largest absolute Gasteiger partial charge is 0.361 e. The van der Waals surface area contributed by atoms with Gasteiger partial charge in [0, 0.05) is 26.0 Å². The molecule has 0 spiro atoms. The summed E-state index contributed by atoms with van der Waals surface area (Å²) in [4.78, 5) is 6.47. The van der Waals surface area contributed by atoms with Crippen LogP contribution in [0.5, 0.6) is 0 Å². The molecule has 1 atom stereocenters. The molecule has 21 heavy (non-hydrogen) atoms. The Morgan fingerprint density at radius 1 is 1.29 bits per heavy atom. The predicted octanol–water partition coefficient (Wildman–Crippen LogP) is 2.40. The summed E-state index contributed by atoms with van der Waals surface area (Å²) >= 11 is 0. The van der Waals surface area contributed by atoms with Crippen molar-refractivity contribution in [2.24, 2.45) is 7.05 Å². The lowest BCUT2D eigenvalue weighted by Crippen LogP contribution is -2.33. The van der Waals surface area contributed by atoms with Crippen molar-refractivity contribution in [1.29, 1.82) is 0 Å². The lowest BCUT2D eigenvalue weighted by Gasteiger charge is -2.30. The molecule has 4 nitrogen and oxygen atoms in total. The highest BCUT2D eigenvalue weighted by Gasteiger charge is 2.33. The van der Waals surface area contributed by atoms with E-state index in [0.717, 1.165) is 17.9 Å². The van der Waals surface area contributed by atoms with Gasteiger partial charge in [-0.25, -0.2) is 9.37 Å². The zero-order valence-corrected chi connectivity index (χ0v) is 13.0. The van der Waals surface area contributed by atoms with E-state index in [1.54, 1.807) is 18.3 Å². The molecule has 5 heteroatoms. The molecule has 1 unspecified atom stereocenters. The minimum atomic E-state index is -0.706. The maximum Gasteiger partial charge on any atom is 0.148 e. The third-order valence-corrected chi connectivity index (χ3v) is 3.57. The number of hydrogen-bond donors (Lipinski definition) is 0. The standard InChI is InChI=1S/C16H22FN3O/c1-16(21-12-11-19(2)3,15-18-9-10-20(15)4)13-5-7-14(17)8-6-13/h5-10H,11-12H2,1-4H3. The van der Waals surface area contributed by atoms with Crippen LogP contribution in [0.25, 0.3) is 0 Å². The molecule has 0 bridgehead atoms. The molecule has 0 amide bonds. The van der Waals surface area contributed by atoms with E-state index in [1.807, 2.05) is 38.8 Å². The molecule has 0 N–H and O–H groups in total. The highest BCUT2D eigenvalue weighted by atomic mass is 19.1. The van der Waals surface area contributed by atoms with Crippen molar-refractivity contribution in [3.05, 3.63) is 53.9 Å². The van der Waals surface area contributed by atoms with Gasteiger partial charge >= 0.3 is 0 Å². The van der Waals surface area contributed by atoms with E-state index in [9.17, 15) is 4.39 Å². The fraction of sp³-hybridized carbons (Fsp3) is 0.438. The van der Waals surface area contributed by atoms with E-state index in [1.165, 1.54) is 12.1 Å². The van der Waals surface area contributed by atoms with Gasteiger partial charge in [-0.05, 0) is 38.7 Å². The van der Waals surface area contributed by atoms with Crippen LogP contribution in [-0.2, 0) is 17.4 Å². The summed E-state index contributed by atoms with van der Waals surface area (Å²) in [5, 5.41) is 0. The summed E-state index contributed by atoms with van der Waals surface area (Å²) in [5.41, 5.74) is 0.180. The van der Waals surface area contributed by atoms with Gasteiger partial charge in [-0.2, -0.15) is 0 Å². The number of benzene rings is 1. The van der Waals surface area contributed by atoms with Crippen LogP contribution in [0.15, 0.2) is 36.7 Å².